The first-order valence-corrected chi connectivity index (χ1v) is 6.69. The van der Waals surface area contributed by atoms with Gasteiger partial charge in [-0.05, 0) is 48.5 Å². The number of alkyl halides is 3. The number of halogens is 3. The lowest BCUT2D eigenvalue weighted by Crippen LogP contribution is -2.04. The fourth-order valence-corrected chi connectivity index (χ4v) is 1.82. The second-order valence-corrected chi connectivity index (χ2v) is 4.65. The van der Waals surface area contributed by atoms with E-state index in [0.717, 1.165) is 12.1 Å². The molecule has 2 aromatic rings. The lowest BCUT2D eigenvalue weighted by molar-refractivity contribution is -0.137. The Morgan fingerprint density at radius 3 is 2.17 bits per heavy atom. The van der Waals surface area contributed by atoms with Crippen LogP contribution in [0.1, 0.15) is 15.9 Å². The van der Waals surface area contributed by atoms with Gasteiger partial charge in [0.15, 0.2) is 5.78 Å². The molecule has 120 valence electrons. The van der Waals surface area contributed by atoms with Crippen LogP contribution in [0.2, 0.25) is 0 Å². The Morgan fingerprint density at radius 1 is 1.04 bits per heavy atom. The molecular weight excluding hydrogens is 307 g/mol. The quantitative estimate of drug-likeness (QED) is 0.650. The van der Waals surface area contributed by atoms with Gasteiger partial charge in [0.1, 0.15) is 5.75 Å². The highest BCUT2D eigenvalue weighted by molar-refractivity contribution is 6.04. The topological polar surface area (TPSA) is 38.3 Å². The molecule has 0 aliphatic carbocycles. The number of hydrogen-bond donors (Lipinski definition) is 1. The van der Waals surface area contributed by atoms with E-state index in [-0.39, 0.29) is 5.78 Å². The number of carbonyl (C=O) groups excluding carboxylic acids is 1. The molecule has 0 amide bonds. The van der Waals surface area contributed by atoms with Gasteiger partial charge in [0.2, 0.25) is 0 Å². The fourth-order valence-electron chi connectivity index (χ4n) is 1.82. The summed E-state index contributed by atoms with van der Waals surface area (Å²) in [5.74, 6) is 0.417. The Balaban J connectivity index is 1.96. The van der Waals surface area contributed by atoms with Crippen molar-refractivity contribution in [2.24, 2.45) is 0 Å². The summed E-state index contributed by atoms with van der Waals surface area (Å²) in [6, 6.07) is 11.1. The van der Waals surface area contributed by atoms with Gasteiger partial charge in [-0.15, -0.1) is 0 Å². The predicted molar refractivity (Wildman–Crippen MR) is 81.5 cm³/mol. The van der Waals surface area contributed by atoms with E-state index in [4.69, 9.17) is 4.74 Å². The van der Waals surface area contributed by atoms with Crippen LogP contribution in [0.25, 0.3) is 0 Å². The molecule has 0 radical (unpaired) electrons. The molecule has 0 saturated carbocycles. The number of ketones is 1. The third-order valence-electron chi connectivity index (χ3n) is 3.07. The van der Waals surface area contributed by atoms with Crippen molar-refractivity contribution in [2.75, 3.05) is 12.4 Å². The Bertz CT molecular complexity index is 689. The largest absolute Gasteiger partial charge is 0.497 e. The van der Waals surface area contributed by atoms with Crippen molar-refractivity contribution >= 4 is 11.5 Å². The van der Waals surface area contributed by atoms with Gasteiger partial charge in [-0.25, -0.2) is 0 Å². The van der Waals surface area contributed by atoms with Crippen LogP contribution < -0.4 is 10.1 Å². The molecule has 0 unspecified atom stereocenters. The van der Waals surface area contributed by atoms with E-state index in [0.29, 0.717) is 17.0 Å². The molecule has 0 spiro atoms. The summed E-state index contributed by atoms with van der Waals surface area (Å²) >= 11 is 0. The maximum atomic E-state index is 12.4. The molecule has 23 heavy (non-hydrogen) atoms. The summed E-state index contributed by atoms with van der Waals surface area (Å²) in [5.41, 5.74) is 0.217. The van der Waals surface area contributed by atoms with Crippen molar-refractivity contribution in [3.05, 3.63) is 71.9 Å². The molecule has 1 N–H and O–H groups in total. The zero-order valence-electron chi connectivity index (χ0n) is 12.2. The van der Waals surface area contributed by atoms with Gasteiger partial charge in [0, 0.05) is 23.5 Å². The van der Waals surface area contributed by atoms with E-state index < -0.39 is 11.7 Å². The number of methoxy groups -OCH3 is 1. The molecule has 3 nitrogen and oxygen atoms in total. The molecule has 0 aromatic heterocycles. The van der Waals surface area contributed by atoms with Crippen LogP contribution in [-0.2, 0) is 6.18 Å². The van der Waals surface area contributed by atoms with Gasteiger partial charge in [0.25, 0.3) is 0 Å². The summed E-state index contributed by atoms with van der Waals surface area (Å²) in [7, 11) is 1.53. The highest BCUT2D eigenvalue weighted by atomic mass is 19.4. The van der Waals surface area contributed by atoms with Gasteiger partial charge in [0.05, 0.1) is 12.7 Å². The summed E-state index contributed by atoms with van der Waals surface area (Å²) in [6.45, 7) is 0. The van der Waals surface area contributed by atoms with E-state index in [1.54, 1.807) is 24.3 Å². The minimum atomic E-state index is -4.36. The Hall–Kier alpha value is -2.76. The standard InChI is InChI=1S/C17H14F3NO2/c1-23-15-8-2-12(3-9-15)16(22)10-11-21-14-6-4-13(5-7-14)17(18,19)20/h2-11,21H,1H3/b11-10-. The maximum Gasteiger partial charge on any atom is 0.416 e. The van der Waals surface area contributed by atoms with Crippen LogP contribution in [0.15, 0.2) is 60.8 Å². The Labute approximate surface area is 131 Å². The van der Waals surface area contributed by atoms with Crippen LogP contribution in [-0.4, -0.2) is 12.9 Å². The van der Waals surface area contributed by atoms with Crippen molar-refractivity contribution in [1.82, 2.24) is 0 Å². The van der Waals surface area contributed by atoms with Crippen LogP contribution >= 0.6 is 0 Å². The lowest BCUT2D eigenvalue weighted by atomic mass is 10.1. The predicted octanol–water partition coefficient (Wildman–Crippen LogP) is 4.52. The lowest BCUT2D eigenvalue weighted by Gasteiger charge is -2.07. The summed E-state index contributed by atoms with van der Waals surface area (Å²) < 4.78 is 42.3. The minimum Gasteiger partial charge on any atom is -0.497 e. The molecule has 2 rings (SSSR count). The molecule has 0 aliphatic heterocycles. The van der Waals surface area contributed by atoms with Crippen LogP contribution in [0, 0.1) is 0 Å². The molecule has 0 heterocycles. The highest BCUT2D eigenvalue weighted by Gasteiger charge is 2.29. The van der Waals surface area contributed by atoms with Crippen molar-refractivity contribution in [2.45, 2.75) is 6.18 Å². The van der Waals surface area contributed by atoms with Gasteiger partial charge in [-0.3, -0.25) is 4.79 Å². The average Bonchev–Trinajstić information content (AvgIpc) is 2.54. The molecule has 6 heteroatoms. The van der Waals surface area contributed by atoms with E-state index in [1.165, 1.54) is 31.5 Å². The number of nitrogens with one attached hydrogen (secondary N) is 1. The summed E-state index contributed by atoms with van der Waals surface area (Å²) in [4.78, 5) is 11.9. The Morgan fingerprint density at radius 2 is 1.65 bits per heavy atom. The molecule has 0 fully saturated rings. The van der Waals surface area contributed by atoms with Crippen molar-refractivity contribution in [3.63, 3.8) is 0 Å². The first-order valence-electron chi connectivity index (χ1n) is 6.69. The molecule has 0 aliphatic rings. The molecular formula is C17H14F3NO2. The number of rotatable bonds is 5. The third-order valence-corrected chi connectivity index (χ3v) is 3.07. The van der Waals surface area contributed by atoms with E-state index in [1.807, 2.05) is 0 Å². The van der Waals surface area contributed by atoms with Crippen molar-refractivity contribution in [3.8, 4) is 5.75 Å². The number of ether oxygens (including phenoxy) is 1. The molecule has 0 bridgehead atoms. The van der Waals surface area contributed by atoms with Crippen LogP contribution in [0.5, 0.6) is 5.75 Å². The number of hydrogen-bond acceptors (Lipinski definition) is 3. The zero-order chi connectivity index (χ0) is 16.9. The van der Waals surface area contributed by atoms with E-state index in [2.05, 4.69) is 5.32 Å². The van der Waals surface area contributed by atoms with Crippen molar-refractivity contribution < 1.29 is 22.7 Å². The number of anilines is 1. The monoisotopic (exact) mass is 321 g/mol. The number of allylic oxidation sites excluding steroid dienone is 1. The second-order valence-electron chi connectivity index (χ2n) is 4.65. The van der Waals surface area contributed by atoms with E-state index >= 15 is 0 Å². The average molecular weight is 321 g/mol. The van der Waals surface area contributed by atoms with Gasteiger partial charge < -0.3 is 10.1 Å². The third kappa shape index (κ3) is 4.60. The first-order chi connectivity index (χ1) is 10.9. The SMILES string of the molecule is COc1ccc(C(=O)/C=C\Nc2ccc(C(F)(F)F)cc2)cc1. The van der Waals surface area contributed by atoms with Crippen LogP contribution in [0.3, 0.4) is 0 Å². The Kier molecular flexibility index (Phi) is 5.05. The molecule has 2 aromatic carbocycles. The van der Waals surface area contributed by atoms with Crippen molar-refractivity contribution in [1.29, 1.82) is 0 Å². The number of benzene rings is 2. The maximum absolute atomic E-state index is 12.4. The van der Waals surface area contributed by atoms with E-state index in [9.17, 15) is 18.0 Å². The minimum absolute atomic E-state index is 0.230. The fraction of sp³-hybridized carbons (Fsp3) is 0.118. The van der Waals surface area contributed by atoms with Crippen LogP contribution in [0.4, 0.5) is 18.9 Å². The molecule has 0 saturated heterocycles. The van der Waals surface area contributed by atoms with Gasteiger partial charge in [-0.2, -0.15) is 13.2 Å². The number of carbonyl (C=O) groups is 1. The summed E-state index contributed by atoms with van der Waals surface area (Å²) in [5, 5.41) is 2.75. The molecule has 0 atom stereocenters. The normalized spacial score (nSPS) is 11.5. The van der Waals surface area contributed by atoms with Gasteiger partial charge >= 0.3 is 6.18 Å². The highest BCUT2D eigenvalue weighted by Crippen LogP contribution is 2.29. The first kappa shape index (κ1) is 16.6. The zero-order valence-corrected chi connectivity index (χ0v) is 12.2. The summed E-state index contributed by atoms with van der Waals surface area (Å²) in [6.07, 6.45) is -1.67. The van der Waals surface area contributed by atoms with Gasteiger partial charge in [-0.1, -0.05) is 0 Å². The second kappa shape index (κ2) is 7.00. The smallest absolute Gasteiger partial charge is 0.416 e.